The Morgan fingerprint density at radius 2 is 2.14 bits per heavy atom. The number of nitrogens with one attached hydrogen (secondary N) is 1. The molecule has 0 saturated heterocycles. The normalized spacial score (nSPS) is 11.3. The van der Waals surface area contributed by atoms with Crippen molar-refractivity contribution in [1.82, 2.24) is 4.98 Å². The van der Waals surface area contributed by atoms with Gasteiger partial charge < -0.3 is 4.74 Å². The number of anilines is 1. The smallest absolute Gasteiger partial charge is 0.266 e. The molecule has 2 aromatic rings. The first-order chi connectivity index (χ1) is 10.5. The molecule has 0 radical (unpaired) electrons. The molecule has 1 N–H and O–H groups in total. The van der Waals surface area contributed by atoms with Crippen molar-refractivity contribution in [2.75, 3.05) is 5.32 Å². The molecule has 0 aliphatic carbocycles. The third kappa shape index (κ3) is 3.68. The maximum Gasteiger partial charge on any atom is 0.266 e. The average Bonchev–Trinajstić information content (AvgIpc) is 2.96. The van der Waals surface area contributed by atoms with Gasteiger partial charge in [-0.05, 0) is 19.1 Å². The van der Waals surface area contributed by atoms with Crippen LogP contribution in [-0.4, -0.2) is 22.8 Å². The number of para-hydroxylation sites is 1. The molecule has 7 heteroatoms. The topological polar surface area (TPSA) is 92.1 Å². The number of ether oxygens (including phenoxy) is 1. The van der Waals surface area contributed by atoms with E-state index in [0.717, 1.165) is 0 Å². The lowest BCUT2D eigenvalue weighted by atomic mass is 10.2. The minimum atomic E-state index is -0.806. The van der Waals surface area contributed by atoms with Crippen LogP contribution in [0.15, 0.2) is 29.6 Å². The molecule has 1 aromatic carbocycles. The van der Waals surface area contributed by atoms with Crippen LogP contribution in [0.5, 0.6) is 5.75 Å². The highest BCUT2D eigenvalue weighted by atomic mass is 32.1. The van der Waals surface area contributed by atoms with E-state index in [2.05, 4.69) is 10.3 Å². The SMILES string of the molecule is CC(=O)c1csc(NC(=O)C(C)Oc2ccccc2C#N)n1. The Morgan fingerprint density at radius 1 is 1.41 bits per heavy atom. The molecular formula is C15H13N3O3S. The van der Waals surface area contributed by atoms with E-state index in [-0.39, 0.29) is 5.78 Å². The van der Waals surface area contributed by atoms with Crippen molar-refractivity contribution in [3.63, 3.8) is 0 Å². The zero-order valence-corrected chi connectivity index (χ0v) is 12.8. The lowest BCUT2D eigenvalue weighted by Gasteiger charge is -2.14. The number of carbonyl (C=O) groups excluding carboxylic acids is 2. The lowest BCUT2D eigenvalue weighted by molar-refractivity contribution is -0.122. The first-order valence-electron chi connectivity index (χ1n) is 6.44. The second kappa shape index (κ2) is 6.83. The predicted octanol–water partition coefficient (Wildman–Crippen LogP) is 2.62. The van der Waals surface area contributed by atoms with Gasteiger partial charge in [-0.25, -0.2) is 4.98 Å². The summed E-state index contributed by atoms with van der Waals surface area (Å²) in [6.07, 6.45) is -0.806. The Labute approximate surface area is 131 Å². The summed E-state index contributed by atoms with van der Waals surface area (Å²) in [5, 5.41) is 13.5. The van der Waals surface area contributed by atoms with E-state index in [1.54, 1.807) is 36.6 Å². The zero-order valence-electron chi connectivity index (χ0n) is 12.0. The number of amides is 1. The first kappa shape index (κ1) is 15.7. The molecule has 112 valence electrons. The largest absolute Gasteiger partial charge is 0.480 e. The van der Waals surface area contributed by atoms with Gasteiger partial charge in [0.25, 0.3) is 5.91 Å². The molecule has 1 heterocycles. The molecular weight excluding hydrogens is 302 g/mol. The second-order valence-electron chi connectivity index (χ2n) is 4.45. The standard InChI is InChI=1S/C15H13N3O3S/c1-9(19)12-8-22-15(17-12)18-14(20)10(2)21-13-6-4-3-5-11(13)7-16/h3-6,8,10H,1-2H3,(H,17,18,20). The van der Waals surface area contributed by atoms with Gasteiger partial charge in [-0.15, -0.1) is 11.3 Å². The molecule has 0 bridgehead atoms. The molecule has 1 aromatic heterocycles. The number of benzene rings is 1. The quantitative estimate of drug-likeness (QED) is 0.856. The Kier molecular flexibility index (Phi) is 4.86. The maximum atomic E-state index is 12.1. The number of thiazole rings is 1. The number of aromatic nitrogens is 1. The van der Waals surface area contributed by atoms with Gasteiger partial charge in [0.15, 0.2) is 17.0 Å². The maximum absolute atomic E-state index is 12.1. The number of Topliss-reactive ketones (excluding diaryl/α,β-unsaturated/α-hetero) is 1. The highest BCUT2D eigenvalue weighted by Gasteiger charge is 2.18. The molecule has 1 unspecified atom stereocenters. The van der Waals surface area contributed by atoms with Gasteiger partial charge in [0.05, 0.1) is 5.56 Å². The molecule has 0 spiro atoms. The molecule has 0 aliphatic heterocycles. The van der Waals surface area contributed by atoms with Crippen molar-refractivity contribution >= 4 is 28.2 Å². The van der Waals surface area contributed by atoms with Crippen LogP contribution in [0.4, 0.5) is 5.13 Å². The number of carbonyl (C=O) groups is 2. The lowest BCUT2D eigenvalue weighted by Crippen LogP contribution is -2.30. The molecule has 2 rings (SSSR count). The molecule has 22 heavy (non-hydrogen) atoms. The van der Waals surface area contributed by atoms with Crippen LogP contribution in [0.3, 0.4) is 0 Å². The van der Waals surface area contributed by atoms with Gasteiger partial charge in [-0.1, -0.05) is 12.1 Å². The van der Waals surface area contributed by atoms with E-state index in [1.807, 2.05) is 6.07 Å². The molecule has 0 fully saturated rings. The van der Waals surface area contributed by atoms with Crippen molar-refractivity contribution in [2.24, 2.45) is 0 Å². The van der Waals surface area contributed by atoms with E-state index in [4.69, 9.17) is 10.00 Å². The summed E-state index contributed by atoms with van der Waals surface area (Å²) in [4.78, 5) is 27.2. The van der Waals surface area contributed by atoms with E-state index < -0.39 is 12.0 Å². The summed E-state index contributed by atoms with van der Waals surface area (Å²) in [7, 11) is 0. The first-order valence-corrected chi connectivity index (χ1v) is 7.32. The number of rotatable bonds is 5. The number of hydrogen-bond acceptors (Lipinski definition) is 6. The fraction of sp³-hybridized carbons (Fsp3) is 0.200. The van der Waals surface area contributed by atoms with Gasteiger partial charge in [0.1, 0.15) is 17.5 Å². The monoisotopic (exact) mass is 315 g/mol. The summed E-state index contributed by atoms with van der Waals surface area (Å²) in [5.41, 5.74) is 0.666. The van der Waals surface area contributed by atoms with Gasteiger partial charge in [0, 0.05) is 12.3 Å². The van der Waals surface area contributed by atoms with Gasteiger partial charge >= 0.3 is 0 Å². The summed E-state index contributed by atoms with van der Waals surface area (Å²) < 4.78 is 5.50. The number of ketones is 1. The van der Waals surface area contributed by atoms with Crippen LogP contribution in [0, 0.1) is 11.3 Å². The highest BCUT2D eigenvalue weighted by molar-refractivity contribution is 7.14. The van der Waals surface area contributed by atoms with Crippen LogP contribution in [0.1, 0.15) is 29.9 Å². The summed E-state index contributed by atoms with van der Waals surface area (Å²) in [6, 6.07) is 8.68. The summed E-state index contributed by atoms with van der Waals surface area (Å²) in [5.74, 6) is -0.225. The molecule has 0 aliphatic rings. The van der Waals surface area contributed by atoms with Gasteiger partial charge in [-0.3, -0.25) is 14.9 Å². The molecule has 1 atom stereocenters. The van der Waals surface area contributed by atoms with Crippen molar-refractivity contribution in [2.45, 2.75) is 20.0 Å². The summed E-state index contributed by atoms with van der Waals surface area (Å²) >= 11 is 1.17. The van der Waals surface area contributed by atoms with Crippen LogP contribution >= 0.6 is 11.3 Å². The average molecular weight is 315 g/mol. The fourth-order valence-corrected chi connectivity index (χ4v) is 2.36. The van der Waals surface area contributed by atoms with E-state index in [0.29, 0.717) is 22.1 Å². The van der Waals surface area contributed by atoms with Crippen molar-refractivity contribution in [3.05, 3.63) is 40.9 Å². The predicted molar refractivity (Wildman–Crippen MR) is 82.0 cm³/mol. The molecule has 0 saturated carbocycles. The zero-order chi connectivity index (χ0) is 16.1. The minimum Gasteiger partial charge on any atom is -0.480 e. The number of nitrogens with zero attached hydrogens (tertiary/aromatic N) is 2. The van der Waals surface area contributed by atoms with E-state index in [1.165, 1.54) is 18.3 Å². The van der Waals surface area contributed by atoms with Crippen LogP contribution < -0.4 is 10.1 Å². The van der Waals surface area contributed by atoms with E-state index in [9.17, 15) is 9.59 Å². The van der Waals surface area contributed by atoms with Crippen LogP contribution in [-0.2, 0) is 4.79 Å². The Bertz CT molecular complexity index is 748. The molecule has 6 nitrogen and oxygen atoms in total. The number of nitriles is 1. The third-order valence-corrected chi connectivity index (χ3v) is 3.53. The highest BCUT2D eigenvalue weighted by Crippen LogP contribution is 2.20. The van der Waals surface area contributed by atoms with Crippen LogP contribution in [0.2, 0.25) is 0 Å². The van der Waals surface area contributed by atoms with Gasteiger partial charge in [0.2, 0.25) is 0 Å². The number of hydrogen-bond donors (Lipinski definition) is 1. The Hall–Kier alpha value is -2.72. The van der Waals surface area contributed by atoms with E-state index >= 15 is 0 Å². The van der Waals surface area contributed by atoms with Gasteiger partial charge in [-0.2, -0.15) is 5.26 Å². The Morgan fingerprint density at radius 3 is 2.77 bits per heavy atom. The van der Waals surface area contributed by atoms with Crippen molar-refractivity contribution in [3.8, 4) is 11.8 Å². The van der Waals surface area contributed by atoms with Crippen molar-refractivity contribution < 1.29 is 14.3 Å². The molecule has 1 amide bonds. The summed E-state index contributed by atoms with van der Waals surface area (Å²) in [6.45, 7) is 2.98. The minimum absolute atomic E-state index is 0.163. The Balaban J connectivity index is 2.03. The fourth-order valence-electron chi connectivity index (χ4n) is 1.61. The van der Waals surface area contributed by atoms with Crippen molar-refractivity contribution in [1.29, 1.82) is 5.26 Å². The van der Waals surface area contributed by atoms with Crippen LogP contribution in [0.25, 0.3) is 0 Å². The third-order valence-electron chi connectivity index (χ3n) is 2.78. The second-order valence-corrected chi connectivity index (χ2v) is 5.31.